The summed E-state index contributed by atoms with van der Waals surface area (Å²) in [6.45, 7) is 0.401. The summed E-state index contributed by atoms with van der Waals surface area (Å²) in [5.41, 5.74) is 6.13. The third-order valence-electron chi connectivity index (χ3n) is 3.08. The highest BCUT2D eigenvalue weighted by molar-refractivity contribution is 5.77. The summed E-state index contributed by atoms with van der Waals surface area (Å²) in [5, 5.41) is 0.577. The van der Waals surface area contributed by atoms with Crippen LogP contribution in [0.1, 0.15) is 5.82 Å². The van der Waals surface area contributed by atoms with Gasteiger partial charge in [0.25, 0.3) is 5.56 Å². The van der Waals surface area contributed by atoms with Crippen LogP contribution in [-0.4, -0.2) is 27.0 Å². The number of nitrogen functional groups attached to an aromatic ring is 1. The fourth-order valence-corrected chi connectivity index (χ4v) is 2.07. The van der Waals surface area contributed by atoms with E-state index in [-0.39, 0.29) is 5.56 Å². The van der Waals surface area contributed by atoms with Gasteiger partial charge in [0.2, 0.25) is 0 Å². The molecule has 2 aromatic heterocycles. The van der Waals surface area contributed by atoms with Gasteiger partial charge in [0, 0.05) is 7.05 Å². The number of nitrogens with one attached hydrogen (secondary N) is 1. The van der Waals surface area contributed by atoms with Crippen molar-refractivity contribution in [1.29, 1.82) is 0 Å². The fourth-order valence-electron chi connectivity index (χ4n) is 2.07. The number of aromatic nitrogens is 4. The van der Waals surface area contributed by atoms with Crippen molar-refractivity contribution in [2.45, 2.75) is 6.54 Å². The summed E-state index contributed by atoms with van der Waals surface area (Å²) in [4.78, 5) is 29.2. The van der Waals surface area contributed by atoms with Gasteiger partial charge in [-0.3, -0.25) is 9.78 Å². The Morgan fingerprint density at radius 2 is 2.05 bits per heavy atom. The van der Waals surface area contributed by atoms with E-state index in [2.05, 4.69) is 19.9 Å². The molecule has 21 heavy (non-hydrogen) atoms. The molecular formula is C14H14N6O. The first-order valence-electron chi connectivity index (χ1n) is 6.40. The lowest BCUT2D eigenvalue weighted by atomic mass is 10.2. The number of hydrogen-bond acceptors (Lipinski definition) is 6. The van der Waals surface area contributed by atoms with E-state index >= 15 is 0 Å². The molecule has 0 fully saturated rings. The zero-order valence-corrected chi connectivity index (χ0v) is 11.4. The van der Waals surface area contributed by atoms with Gasteiger partial charge in [-0.2, -0.15) is 0 Å². The van der Waals surface area contributed by atoms with Gasteiger partial charge in [-0.05, 0) is 12.1 Å². The van der Waals surface area contributed by atoms with E-state index in [1.807, 2.05) is 30.1 Å². The molecule has 0 saturated carbocycles. The molecule has 2 heterocycles. The number of fused-ring (bicyclic) bond motifs is 1. The van der Waals surface area contributed by atoms with Gasteiger partial charge in [-0.25, -0.2) is 9.97 Å². The topological polar surface area (TPSA) is 101 Å². The predicted octanol–water partition coefficient (Wildman–Crippen LogP) is 0.932. The minimum absolute atomic E-state index is 0.150. The molecule has 1 aromatic carbocycles. The lowest BCUT2D eigenvalue weighted by Gasteiger charge is -2.17. The van der Waals surface area contributed by atoms with Crippen molar-refractivity contribution >= 4 is 22.5 Å². The summed E-state index contributed by atoms with van der Waals surface area (Å²) < 4.78 is 0. The number of aromatic amines is 1. The molecule has 7 nitrogen and oxygen atoms in total. The molecule has 0 bridgehead atoms. The summed E-state index contributed by atoms with van der Waals surface area (Å²) in [6, 6.07) is 7.23. The van der Waals surface area contributed by atoms with Crippen LogP contribution in [0, 0.1) is 0 Å². The molecule has 0 atom stereocenters. The second-order valence-electron chi connectivity index (χ2n) is 4.69. The van der Waals surface area contributed by atoms with E-state index in [1.165, 1.54) is 6.20 Å². The summed E-state index contributed by atoms with van der Waals surface area (Å²) >= 11 is 0. The lowest BCUT2D eigenvalue weighted by molar-refractivity contribution is 0.824. The molecule has 0 aliphatic heterocycles. The van der Waals surface area contributed by atoms with Crippen molar-refractivity contribution in [3.63, 3.8) is 0 Å². The number of para-hydroxylation sites is 1. The molecule has 106 valence electrons. The van der Waals surface area contributed by atoms with Crippen molar-refractivity contribution < 1.29 is 0 Å². The molecule has 3 aromatic rings. The monoisotopic (exact) mass is 282 g/mol. The molecule has 0 radical (unpaired) electrons. The number of benzene rings is 1. The zero-order valence-electron chi connectivity index (χ0n) is 11.4. The van der Waals surface area contributed by atoms with E-state index in [1.54, 1.807) is 12.3 Å². The Bertz CT molecular complexity index is 844. The van der Waals surface area contributed by atoms with E-state index < -0.39 is 0 Å². The van der Waals surface area contributed by atoms with Gasteiger partial charge in [-0.1, -0.05) is 12.1 Å². The van der Waals surface area contributed by atoms with E-state index in [0.717, 1.165) is 0 Å². The van der Waals surface area contributed by atoms with Crippen LogP contribution in [0.5, 0.6) is 0 Å². The van der Waals surface area contributed by atoms with E-state index in [4.69, 9.17) is 5.73 Å². The van der Waals surface area contributed by atoms with Crippen molar-refractivity contribution in [1.82, 2.24) is 19.9 Å². The molecular weight excluding hydrogens is 268 g/mol. The molecule has 3 N–H and O–H groups in total. The quantitative estimate of drug-likeness (QED) is 0.741. The Morgan fingerprint density at radius 1 is 1.24 bits per heavy atom. The number of nitrogens with two attached hydrogens (primary N) is 1. The van der Waals surface area contributed by atoms with Crippen LogP contribution in [0.2, 0.25) is 0 Å². The van der Waals surface area contributed by atoms with Crippen LogP contribution in [0.3, 0.4) is 0 Å². The maximum atomic E-state index is 12.0. The fraction of sp³-hybridized carbons (Fsp3) is 0.143. The normalized spacial score (nSPS) is 10.7. The Morgan fingerprint density at radius 3 is 2.86 bits per heavy atom. The zero-order chi connectivity index (χ0) is 14.8. The summed E-state index contributed by atoms with van der Waals surface area (Å²) in [7, 11) is 1.83. The molecule has 7 heteroatoms. The summed E-state index contributed by atoms with van der Waals surface area (Å²) in [5.74, 6) is 1.52. The van der Waals surface area contributed by atoms with Crippen LogP contribution in [-0.2, 0) is 6.54 Å². The average molecular weight is 282 g/mol. The highest BCUT2D eigenvalue weighted by Gasteiger charge is 2.08. The van der Waals surface area contributed by atoms with E-state index in [0.29, 0.717) is 34.9 Å². The summed E-state index contributed by atoms with van der Waals surface area (Å²) in [6.07, 6.45) is 3.09. The average Bonchev–Trinajstić information content (AvgIpc) is 2.47. The highest BCUT2D eigenvalue weighted by Crippen LogP contribution is 2.12. The Kier molecular flexibility index (Phi) is 3.23. The smallest absolute Gasteiger partial charge is 0.258 e. The van der Waals surface area contributed by atoms with Crippen molar-refractivity contribution in [3.05, 3.63) is 52.8 Å². The first-order chi connectivity index (χ1) is 10.1. The van der Waals surface area contributed by atoms with Crippen LogP contribution in [0.25, 0.3) is 10.9 Å². The largest absolute Gasteiger partial charge is 0.382 e. The first-order valence-corrected chi connectivity index (χ1v) is 6.40. The number of H-pyrrole nitrogens is 1. The van der Waals surface area contributed by atoms with Crippen LogP contribution < -0.4 is 16.2 Å². The van der Waals surface area contributed by atoms with Crippen molar-refractivity contribution in [3.8, 4) is 0 Å². The minimum Gasteiger partial charge on any atom is -0.382 e. The molecule has 3 rings (SSSR count). The third-order valence-corrected chi connectivity index (χ3v) is 3.08. The second kappa shape index (κ2) is 5.20. The molecule has 0 unspecified atom stereocenters. The van der Waals surface area contributed by atoms with Gasteiger partial charge in [0.15, 0.2) is 0 Å². The van der Waals surface area contributed by atoms with Gasteiger partial charge in [-0.15, -0.1) is 0 Å². The second-order valence-corrected chi connectivity index (χ2v) is 4.69. The van der Waals surface area contributed by atoms with E-state index in [9.17, 15) is 4.79 Å². The maximum Gasteiger partial charge on any atom is 0.258 e. The number of nitrogens with zero attached hydrogens (tertiary/aromatic N) is 4. The number of rotatable bonds is 3. The van der Waals surface area contributed by atoms with Gasteiger partial charge >= 0.3 is 0 Å². The lowest BCUT2D eigenvalue weighted by Crippen LogP contribution is -2.22. The number of hydrogen-bond donors (Lipinski definition) is 2. The molecule has 0 saturated heterocycles. The van der Waals surface area contributed by atoms with Crippen LogP contribution in [0.4, 0.5) is 11.6 Å². The standard InChI is InChI=1S/C14H14N6O/c1-20(13-7-16-6-11(15)18-13)8-12-17-10-5-3-2-4-9(10)14(21)19-12/h2-7H,8H2,1H3,(H2,15,18)(H,17,19,21). The van der Waals surface area contributed by atoms with Crippen LogP contribution in [0.15, 0.2) is 41.5 Å². The third kappa shape index (κ3) is 2.66. The first kappa shape index (κ1) is 13.0. The van der Waals surface area contributed by atoms with Crippen LogP contribution >= 0.6 is 0 Å². The molecule has 0 amide bonds. The van der Waals surface area contributed by atoms with Gasteiger partial charge in [0.05, 0.1) is 29.8 Å². The maximum absolute atomic E-state index is 12.0. The Balaban J connectivity index is 1.93. The van der Waals surface area contributed by atoms with Crippen molar-refractivity contribution in [2.75, 3.05) is 17.7 Å². The Labute approximate surface area is 120 Å². The highest BCUT2D eigenvalue weighted by atomic mass is 16.1. The number of anilines is 2. The molecule has 0 spiro atoms. The minimum atomic E-state index is -0.150. The van der Waals surface area contributed by atoms with Crippen molar-refractivity contribution in [2.24, 2.45) is 0 Å². The predicted molar refractivity (Wildman–Crippen MR) is 80.9 cm³/mol. The SMILES string of the molecule is CN(Cc1nc2ccccc2c(=O)[nH]1)c1cncc(N)n1. The molecule has 0 aliphatic carbocycles. The Hall–Kier alpha value is -2.96. The van der Waals surface area contributed by atoms with Gasteiger partial charge < -0.3 is 15.6 Å². The van der Waals surface area contributed by atoms with Gasteiger partial charge in [0.1, 0.15) is 17.5 Å². The molecule has 0 aliphatic rings.